The van der Waals surface area contributed by atoms with E-state index in [1.807, 2.05) is 25.3 Å². The van der Waals surface area contributed by atoms with Gasteiger partial charge in [-0.25, -0.2) is 9.97 Å². The van der Waals surface area contributed by atoms with Gasteiger partial charge in [-0.1, -0.05) is 24.3 Å². The molecule has 0 radical (unpaired) electrons. The minimum Gasteiger partial charge on any atom is -0.370 e. The van der Waals surface area contributed by atoms with Crippen molar-refractivity contribution in [3.05, 3.63) is 47.9 Å². The zero-order valence-electron chi connectivity index (χ0n) is 12.5. The summed E-state index contributed by atoms with van der Waals surface area (Å²) in [6, 6.07) is 10.2. The maximum atomic E-state index is 4.64. The van der Waals surface area contributed by atoms with Crippen LogP contribution in [0, 0.1) is 13.8 Å². The van der Waals surface area contributed by atoms with Crippen molar-refractivity contribution in [3.63, 3.8) is 0 Å². The molecule has 0 aliphatic heterocycles. The van der Waals surface area contributed by atoms with Crippen molar-refractivity contribution in [2.45, 2.75) is 20.8 Å². The minimum absolute atomic E-state index is 0.763. The third kappa shape index (κ3) is 2.44. The summed E-state index contributed by atoms with van der Waals surface area (Å²) in [6.45, 7) is 6.87. The van der Waals surface area contributed by atoms with Crippen LogP contribution in [0.1, 0.15) is 18.3 Å². The first kappa shape index (κ1) is 13.5. The molecular weight excluding hydrogens is 260 g/mol. The molecule has 4 nitrogen and oxygen atoms in total. The van der Waals surface area contributed by atoms with Gasteiger partial charge in [0.15, 0.2) is 0 Å². The van der Waals surface area contributed by atoms with Gasteiger partial charge in [0.05, 0.1) is 11.2 Å². The Morgan fingerprint density at radius 3 is 2.67 bits per heavy atom. The van der Waals surface area contributed by atoms with E-state index in [4.69, 9.17) is 0 Å². The number of hydrogen-bond acceptors (Lipinski definition) is 4. The summed E-state index contributed by atoms with van der Waals surface area (Å²) in [4.78, 5) is 13.7. The SMILES string of the molecule is CCNc1nc(C)nc(-c2cccc3cccnc23)c1C. The van der Waals surface area contributed by atoms with Crippen LogP contribution in [0.25, 0.3) is 22.2 Å². The molecule has 0 fully saturated rings. The van der Waals surface area contributed by atoms with Crippen LogP contribution in [-0.4, -0.2) is 21.5 Å². The van der Waals surface area contributed by atoms with Gasteiger partial charge < -0.3 is 5.32 Å². The summed E-state index contributed by atoms with van der Waals surface area (Å²) >= 11 is 0. The van der Waals surface area contributed by atoms with Crippen LogP contribution in [0.4, 0.5) is 5.82 Å². The van der Waals surface area contributed by atoms with Crippen LogP contribution in [0.5, 0.6) is 0 Å². The Morgan fingerprint density at radius 2 is 1.86 bits per heavy atom. The van der Waals surface area contributed by atoms with E-state index in [1.165, 1.54) is 0 Å². The Balaban J connectivity index is 2.28. The van der Waals surface area contributed by atoms with E-state index < -0.39 is 0 Å². The fourth-order valence-electron chi connectivity index (χ4n) is 2.53. The summed E-state index contributed by atoms with van der Waals surface area (Å²) in [5.74, 6) is 1.66. The molecule has 2 aromatic heterocycles. The van der Waals surface area contributed by atoms with Crippen LogP contribution in [0.15, 0.2) is 36.5 Å². The number of para-hydroxylation sites is 1. The maximum Gasteiger partial charge on any atom is 0.133 e. The molecule has 3 rings (SSSR count). The predicted molar refractivity (Wildman–Crippen MR) is 86.4 cm³/mol. The van der Waals surface area contributed by atoms with E-state index >= 15 is 0 Å². The van der Waals surface area contributed by atoms with E-state index in [0.717, 1.165) is 45.9 Å². The van der Waals surface area contributed by atoms with Crippen molar-refractivity contribution in [1.82, 2.24) is 15.0 Å². The quantitative estimate of drug-likeness (QED) is 0.793. The van der Waals surface area contributed by atoms with Gasteiger partial charge >= 0.3 is 0 Å². The second-order valence-corrected chi connectivity index (χ2v) is 5.00. The number of aryl methyl sites for hydroxylation is 1. The Labute approximate surface area is 124 Å². The Bertz CT molecular complexity index is 791. The topological polar surface area (TPSA) is 50.7 Å². The molecule has 0 bridgehead atoms. The lowest BCUT2D eigenvalue weighted by atomic mass is 10.0. The molecule has 0 spiro atoms. The molecule has 1 N–H and O–H groups in total. The average molecular weight is 278 g/mol. The molecule has 0 aliphatic rings. The van der Waals surface area contributed by atoms with E-state index in [-0.39, 0.29) is 0 Å². The molecule has 0 saturated heterocycles. The second-order valence-electron chi connectivity index (χ2n) is 5.00. The molecule has 0 saturated carbocycles. The molecule has 3 aromatic rings. The van der Waals surface area contributed by atoms with Gasteiger partial charge in [-0.05, 0) is 26.8 Å². The van der Waals surface area contributed by atoms with Crippen molar-refractivity contribution in [1.29, 1.82) is 0 Å². The molecule has 21 heavy (non-hydrogen) atoms. The van der Waals surface area contributed by atoms with Crippen LogP contribution in [-0.2, 0) is 0 Å². The van der Waals surface area contributed by atoms with E-state index in [1.54, 1.807) is 0 Å². The first-order valence-electron chi connectivity index (χ1n) is 7.14. The highest BCUT2D eigenvalue weighted by Gasteiger charge is 2.13. The second kappa shape index (κ2) is 5.48. The standard InChI is InChI=1S/C17H18N4/c1-4-18-17-11(2)15(20-12(3)21-17)14-9-5-7-13-8-6-10-19-16(13)14/h5-10H,4H2,1-3H3,(H,18,20,21). The highest BCUT2D eigenvalue weighted by atomic mass is 15.0. The number of aromatic nitrogens is 3. The normalized spacial score (nSPS) is 10.8. The van der Waals surface area contributed by atoms with Gasteiger partial charge in [0.25, 0.3) is 0 Å². The van der Waals surface area contributed by atoms with Crippen LogP contribution in [0.2, 0.25) is 0 Å². The summed E-state index contributed by atoms with van der Waals surface area (Å²) < 4.78 is 0. The third-order valence-electron chi connectivity index (χ3n) is 3.49. The number of benzene rings is 1. The molecule has 106 valence electrons. The molecule has 2 heterocycles. The number of rotatable bonds is 3. The van der Waals surface area contributed by atoms with E-state index in [9.17, 15) is 0 Å². The Morgan fingerprint density at radius 1 is 1.05 bits per heavy atom. The van der Waals surface area contributed by atoms with Crippen LogP contribution in [0.3, 0.4) is 0 Å². The van der Waals surface area contributed by atoms with Gasteiger partial charge in [-0.2, -0.15) is 0 Å². The summed E-state index contributed by atoms with van der Waals surface area (Å²) in [5.41, 5.74) is 4.03. The number of anilines is 1. The summed E-state index contributed by atoms with van der Waals surface area (Å²) in [5, 5.41) is 4.42. The zero-order chi connectivity index (χ0) is 14.8. The van der Waals surface area contributed by atoms with Crippen molar-refractivity contribution in [2.24, 2.45) is 0 Å². The Hall–Kier alpha value is -2.49. The third-order valence-corrected chi connectivity index (χ3v) is 3.49. The maximum absolute atomic E-state index is 4.64. The highest BCUT2D eigenvalue weighted by Crippen LogP contribution is 2.30. The van der Waals surface area contributed by atoms with Gasteiger partial charge in [-0.3, -0.25) is 4.98 Å². The molecule has 0 unspecified atom stereocenters. The lowest BCUT2D eigenvalue weighted by Crippen LogP contribution is -2.06. The molecule has 0 amide bonds. The fraction of sp³-hybridized carbons (Fsp3) is 0.235. The number of pyridine rings is 1. The number of hydrogen-bond donors (Lipinski definition) is 1. The number of nitrogens with one attached hydrogen (secondary N) is 1. The molecule has 4 heteroatoms. The fourth-order valence-corrected chi connectivity index (χ4v) is 2.53. The Kier molecular flexibility index (Phi) is 3.52. The summed E-state index contributed by atoms with van der Waals surface area (Å²) in [6.07, 6.45) is 1.82. The lowest BCUT2D eigenvalue weighted by molar-refractivity contribution is 1.02. The first-order valence-corrected chi connectivity index (χ1v) is 7.14. The monoisotopic (exact) mass is 278 g/mol. The van der Waals surface area contributed by atoms with Crippen molar-refractivity contribution < 1.29 is 0 Å². The lowest BCUT2D eigenvalue weighted by Gasteiger charge is -2.13. The predicted octanol–water partition coefficient (Wildman–Crippen LogP) is 3.74. The van der Waals surface area contributed by atoms with Gasteiger partial charge in [-0.15, -0.1) is 0 Å². The van der Waals surface area contributed by atoms with E-state index in [2.05, 4.69) is 52.3 Å². The van der Waals surface area contributed by atoms with Crippen LogP contribution >= 0.6 is 0 Å². The minimum atomic E-state index is 0.763. The zero-order valence-corrected chi connectivity index (χ0v) is 12.5. The molecular formula is C17H18N4. The number of fused-ring (bicyclic) bond motifs is 1. The molecule has 1 aromatic carbocycles. The van der Waals surface area contributed by atoms with Crippen LogP contribution < -0.4 is 5.32 Å². The van der Waals surface area contributed by atoms with E-state index in [0.29, 0.717) is 0 Å². The van der Waals surface area contributed by atoms with Crippen molar-refractivity contribution >= 4 is 16.7 Å². The molecule has 0 atom stereocenters. The largest absolute Gasteiger partial charge is 0.370 e. The molecule has 0 aliphatic carbocycles. The highest BCUT2D eigenvalue weighted by molar-refractivity contribution is 5.93. The van der Waals surface area contributed by atoms with Gasteiger partial charge in [0.2, 0.25) is 0 Å². The number of nitrogens with zero attached hydrogens (tertiary/aromatic N) is 3. The smallest absolute Gasteiger partial charge is 0.133 e. The first-order chi connectivity index (χ1) is 10.2. The summed E-state index contributed by atoms with van der Waals surface area (Å²) in [7, 11) is 0. The average Bonchev–Trinajstić information content (AvgIpc) is 2.50. The van der Waals surface area contributed by atoms with Gasteiger partial charge in [0.1, 0.15) is 11.6 Å². The van der Waals surface area contributed by atoms with Crippen molar-refractivity contribution in [2.75, 3.05) is 11.9 Å². The van der Waals surface area contributed by atoms with Crippen molar-refractivity contribution in [3.8, 4) is 11.3 Å². The van der Waals surface area contributed by atoms with Gasteiger partial charge in [0, 0.05) is 29.3 Å².